The van der Waals surface area contributed by atoms with Crippen LogP contribution < -0.4 is 5.19 Å². The maximum absolute atomic E-state index is 4.92. The Kier molecular flexibility index (Phi) is 4.62. The Hall–Kier alpha value is -2.49. The Morgan fingerprint density at radius 2 is 1.48 bits per heavy atom. The van der Waals surface area contributed by atoms with Crippen LogP contribution in [0.2, 0.25) is 19.6 Å². The zero-order chi connectivity index (χ0) is 22.0. The molecule has 0 spiro atoms. The summed E-state index contributed by atoms with van der Waals surface area (Å²) in [7, 11) is -1.44. The van der Waals surface area contributed by atoms with Gasteiger partial charge in [0.1, 0.15) is 0 Å². The smallest absolute Gasteiger partial charge is 0.0880 e. The van der Waals surface area contributed by atoms with Gasteiger partial charge in [-0.1, -0.05) is 82.9 Å². The van der Waals surface area contributed by atoms with Gasteiger partial charge in [0.05, 0.1) is 18.5 Å². The van der Waals surface area contributed by atoms with E-state index in [0.29, 0.717) is 0 Å². The molecule has 0 aliphatic rings. The van der Waals surface area contributed by atoms with E-state index in [1.807, 2.05) is 17.5 Å². The summed E-state index contributed by atoms with van der Waals surface area (Å²) in [5, 5.41) is 6.87. The summed E-state index contributed by atoms with van der Waals surface area (Å²) in [6.07, 6.45) is 1.98. The second-order valence-corrected chi connectivity index (χ2v) is 16.6. The highest BCUT2D eigenvalue weighted by atomic mass is 32.1. The van der Waals surface area contributed by atoms with Crippen LogP contribution >= 0.6 is 11.3 Å². The third kappa shape index (κ3) is 3.40. The van der Waals surface area contributed by atoms with Gasteiger partial charge in [-0.15, -0.1) is 11.3 Å². The van der Waals surface area contributed by atoms with E-state index >= 15 is 0 Å². The molecule has 2 aromatic heterocycles. The number of rotatable bonds is 2. The summed E-state index contributed by atoms with van der Waals surface area (Å²) in [4.78, 5) is 4.92. The standard InChI is InChI=1S/C28H29NSSi/c1-28(2,3)23-17-19(16-18-10-7-8-11-20(18)23)25-27-22(14-15-29-25)21-12-9-13-24(26(21)30-27)31(4,5)6/h7-17H,1-6H3. The van der Waals surface area contributed by atoms with Crippen molar-refractivity contribution in [3.05, 3.63) is 72.4 Å². The summed E-state index contributed by atoms with van der Waals surface area (Å²) in [6.45, 7) is 14.2. The molecule has 0 atom stereocenters. The lowest BCUT2D eigenvalue weighted by Gasteiger charge is -2.22. The lowest BCUT2D eigenvalue weighted by Crippen LogP contribution is -2.37. The first-order valence-corrected chi connectivity index (χ1v) is 15.3. The molecule has 5 rings (SSSR count). The van der Waals surface area contributed by atoms with Gasteiger partial charge in [0, 0.05) is 27.2 Å². The average molecular weight is 440 g/mol. The largest absolute Gasteiger partial charge is 0.255 e. The van der Waals surface area contributed by atoms with Crippen LogP contribution in [0.1, 0.15) is 26.3 Å². The average Bonchev–Trinajstić information content (AvgIpc) is 3.10. The van der Waals surface area contributed by atoms with Gasteiger partial charge in [-0.05, 0) is 45.1 Å². The van der Waals surface area contributed by atoms with Crippen LogP contribution in [0.15, 0.2) is 66.9 Å². The second-order valence-electron chi connectivity index (χ2n) is 10.6. The zero-order valence-electron chi connectivity index (χ0n) is 19.2. The van der Waals surface area contributed by atoms with E-state index in [9.17, 15) is 0 Å². The number of fused-ring (bicyclic) bond motifs is 4. The van der Waals surface area contributed by atoms with Crippen molar-refractivity contribution in [1.82, 2.24) is 4.98 Å². The highest BCUT2D eigenvalue weighted by Gasteiger charge is 2.23. The number of hydrogen-bond acceptors (Lipinski definition) is 2. The molecule has 0 unspecified atom stereocenters. The molecule has 0 amide bonds. The van der Waals surface area contributed by atoms with Crippen LogP contribution in [-0.4, -0.2) is 13.1 Å². The third-order valence-electron chi connectivity index (χ3n) is 6.17. The van der Waals surface area contributed by atoms with Gasteiger partial charge >= 0.3 is 0 Å². The molecule has 3 heteroatoms. The SMILES string of the molecule is CC(C)(C)c1cc(-c2nccc3c2sc2c([Si](C)(C)C)cccc23)cc2ccccc12. The summed E-state index contributed by atoms with van der Waals surface area (Å²) in [6, 6.07) is 22.5. The van der Waals surface area contributed by atoms with Crippen LogP contribution in [0, 0.1) is 0 Å². The second kappa shape index (κ2) is 7.01. The van der Waals surface area contributed by atoms with Crippen LogP contribution in [0.4, 0.5) is 0 Å². The summed E-state index contributed by atoms with van der Waals surface area (Å²) in [5.74, 6) is 0. The van der Waals surface area contributed by atoms with Crippen molar-refractivity contribution in [2.75, 3.05) is 0 Å². The van der Waals surface area contributed by atoms with Crippen LogP contribution in [0.25, 0.3) is 42.2 Å². The Morgan fingerprint density at radius 1 is 0.774 bits per heavy atom. The van der Waals surface area contributed by atoms with Crippen LogP contribution in [0.5, 0.6) is 0 Å². The molecular weight excluding hydrogens is 410 g/mol. The number of aromatic nitrogens is 1. The van der Waals surface area contributed by atoms with Gasteiger partial charge in [0.15, 0.2) is 0 Å². The number of hydrogen-bond donors (Lipinski definition) is 0. The van der Waals surface area contributed by atoms with Gasteiger partial charge in [0.2, 0.25) is 0 Å². The van der Waals surface area contributed by atoms with Crippen LogP contribution in [0.3, 0.4) is 0 Å². The normalized spacial score (nSPS) is 12.8. The highest BCUT2D eigenvalue weighted by Crippen LogP contribution is 2.41. The summed E-state index contributed by atoms with van der Waals surface area (Å²) in [5.41, 5.74) is 3.77. The quantitative estimate of drug-likeness (QED) is 0.253. The van der Waals surface area contributed by atoms with Gasteiger partial charge in [0.25, 0.3) is 0 Å². The lowest BCUT2D eigenvalue weighted by molar-refractivity contribution is 0.596. The Labute approximate surface area is 189 Å². The zero-order valence-corrected chi connectivity index (χ0v) is 21.0. The summed E-state index contributed by atoms with van der Waals surface area (Å²) < 4.78 is 2.75. The molecule has 3 aromatic carbocycles. The van der Waals surface area contributed by atoms with E-state index in [0.717, 1.165) is 5.69 Å². The van der Waals surface area contributed by atoms with E-state index < -0.39 is 8.07 Å². The molecule has 156 valence electrons. The van der Waals surface area contributed by atoms with E-state index in [2.05, 4.69) is 101 Å². The molecule has 0 bridgehead atoms. The minimum Gasteiger partial charge on any atom is -0.255 e. The van der Waals surface area contributed by atoms with Gasteiger partial charge in [-0.2, -0.15) is 0 Å². The number of nitrogens with zero attached hydrogens (tertiary/aromatic N) is 1. The Bertz CT molecular complexity index is 1450. The molecule has 1 nitrogen and oxygen atoms in total. The molecule has 0 N–H and O–H groups in total. The predicted molar refractivity (Wildman–Crippen MR) is 142 cm³/mol. The molecule has 0 saturated carbocycles. The lowest BCUT2D eigenvalue weighted by atomic mass is 9.82. The fourth-order valence-corrected chi connectivity index (χ4v) is 8.30. The van der Waals surface area contributed by atoms with Crippen molar-refractivity contribution in [2.24, 2.45) is 0 Å². The maximum Gasteiger partial charge on any atom is 0.0880 e. The van der Waals surface area contributed by atoms with Crippen molar-refractivity contribution in [2.45, 2.75) is 45.8 Å². The van der Waals surface area contributed by atoms with E-state index in [1.165, 1.54) is 42.1 Å². The van der Waals surface area contributed by atoms with Gasteiger partial charge < -0.3 is 0 Å². The maximum atomic E-state index is 4.92. The fraction of sp³-hybridized carbons (Fsp3) is 0.250. The first-order valence-electron chi connectivity index (χ1n) is 11.0. The number of benzene rings is 3. The third-order valence-corrected chi connectivity index (χ3v) is 9.64. The van der Waals surface area contributed by atoms with E-state index in [-0.39, 0.29) is 5.41 Å². The first kappa shape index (κ1) is 20.4. The topological polar surface area (TPSA) is 12.9 Å². The molecular formula is C28H29NSSi. The molecule has 0 radical (unpaired) electrons. The van der Waals surface area contributed by atoms with Crippen molar-refractivity contribution >= 4 is 55.5 Å². The van der Waals surface area contributed by atoms with Crippen molar-refractivity contribution < 1.29 is 0 Å². The Balaban J connectivity index is 1.85. The Morgan fingerprint density at radius 3 is 2.23 bits per heavy atom. The predicted octanol–water partition coefficient (Wildman–Crippen LogP) is 8.11. The van der Waals surface area contributed by atoms with E-state index in [1.54, 1.807) is 5.19 Å². The molecule has 0 saturated heterocycles. The molecule has 31 heavy (non-hydrogen) atoms. The fourth-order valence-electron chi connectivity index (χ4n) is 4.59. The van der Waals surface area contributed by atoms with Crippen molar-refractivity contribution in [3.63, 3.8) is 0 Å². The molecule has 5 aromatic rings. The molecule has 0 aliphatic heterocycles. The minimum absolute atomic E-state index is 0.0642. The minimum atomic E-state index is -1.44. The van der Waals surface area contributed by atoms with Crippen molar-refractivity contribution in [1.29, 1.82) is 0 Å². The summed E-state index contributed by atoms with van der Waals surface area (Å²) >= 11 is 1.93. The van der Waals surface area contributed by atoms with Crippen molar-refractivity contribution in [3.8, 4) is 11.3 Å². The first-order chi connectivity index (χ1) is 14.6. The monoisotopic (exact) mass is 439 g/mol. The molecule has 0 fully saturated rings. The highest BCUT2D eigenvalue weighted by molar-refractivity contribution is 7.28. The molecule has 0 aliphatic carbocycles. The molecule has 2 heterocycles. The number of pyridine rings is 1. The van der Waals surface area contributed by atoms with Gasteiger partial charge in [-0.25, -0.2) is 0 Å². The van der Waals surface area contributed by atoms with Crippen LogP contribution in [-0.2, 0) is 5.41 Å². The number of thiophene rings is 1. The van der Waals surface area contributed by atoms with Gasteiger partial charge in [-0.3, -0.25) is 4.98 Å². The van der Waals surface area contributed by atoms with E-state index in [4.69, 9.17) is 4.98 Å².